The molecule has 45 heavy (non-hydrogen) atoms. The van der Waals surface area contributed by atoms with Gasteiger partial charge in [0.25, 0.3) is 11.8 Å². The molecular weight excluding hydrogens is 562 g/mol. The molecule has 0 saturated carbocycles. The molecule has 2 aliphatic heterocycles. The number of hydrogen-bond donors (Lipinski definition) is 0. The Kier molecular flexibility index (Phi) is 9.05. The molecule has 1 saturated heterocycles. The van der Waals surface area contributed by atoms with Crippen molar-refractivity contribution in [2.24, 2.45) is 0 Å². The maximum absolute atomic E-state index is 14.2. The number of para-hydroxylation sites is 1. The number of aromatic nitrogens is 1. The second kappa shape index (κ2) is 13.3. The van der Waals surface area contributed by atoms with Gasteiger partial charge < -0.3 is 24.0 Å². The first kappa shape index (κ1) is 30.6. The minimum Gasteiger partial charge on any atom is -0.496 e. The number of piperazine rings is 1. The van der Waals surface area contributed by atoms with Gasteiger partial charge in [0.05, 0.1) is 20.2 Å². The minimum absolute atomic E-state index is 0.0583. The van der Waals surface area contributed by atoms with Crippen LogP contribution in [0, 0.1) is 6.92 Å². The van der Waals surface area contributed by atoms with E-state index in [0.717, 1.165) is 79.3 Å². The number of benzene rings is 3. The fourth-order valence-corrected chi connectivity index (χ4v) is 6.55. The number of anilines is 1. The number of ether oxygens (including phenoxy) is 1. The highest BCUT2D eigenvalue weighted by molar-refractivity contribution is 6.07. The van der Waals surface area contributed by atoms with Crippen molar-refractivity contribution >= 4 is 17.5 Å². The summed E-state index contributed by atoms with van der Waals surface area (Å²) in [5, 5.41) is 0. The largest absolute Gasteiger partial charge is 0.496 e. The van der Waals surface area contributed by atoms with E-state index in [2.05, 4.69) is 47.5 Å². The number of hydrogen-bond acceptors (Lipinski definition) is 5. The summed E-state index contributed by atoms with van der Waals surface area (Å²) in [5.41, 5.74) is 7.21. The Bertz CT molecular complexity index is 1690. The molecular formula is C37H43N5O3. The normalized spacial score (nSPS) is 15.0. The molecule has 6 rings (SSSR count). The number of aryl methyl sites for hydroxylation is 1. The highest BCUT2D eigenvalue weighted by atomic mass is 16.5. The van der Waals surface area contributed by atoms with Crippen LogP contribution in [0.5, 0.6) is 5.75 Å². The van der Waals surface area contributed by atoms with Gasteiger partial charge in [0.1, 0.15) is 11.4 Å². The third kappa shape index (κ3) is 6.39. The standard InChI is InChI=1S/C37H43N5O3/c1-27-10-5-7-12-31(27)32-16-14-28(24-35(32)45-4)36(43)42-26-30-15-17-34(41(30)25-29-11-6-8-13-33(29)42)37(44)40-22-20-39(21-23-40)19-9-18-38(2)3/h5-8,10-17,24H,9,18-23,25-26H2,1-4H3. The predicted octanol–water partition coefficient (Wildman–Crippen LogP) is 5.39. The van der Waals surface area contributed by atoms with Crippen LogP contribution in [0.1, 0.15) is 44.1 Å². The first-order valence-corrected chi connectivity index (χ1v) is 15.8. The van der Waals surface area contributed by atoms with E-state index in [9.17, 15) is 9.59 Å². The summed E-state index contributed by atoms with van der Waals surface area (Å²) in [6, 6.07) is 25.8. The molecule has 3 heterocycles. The van der Waals surface area contributed by atoms with Crippen LogP contribution < -0.4 is 9.64 Å². The van der Waals surface area contributed by atoms with Crippen molar-refractivity contribution in [2.45, 2.75) is 26.4 Å². The van der Waals surface area contributed by atoms with Crippen LogP contribution in [0.3, 0.4) is 0 Å². The quantitative estimate of drug-likeness (QED) is 0.270. The molecule has 234 valence electrons. The SMILES string of the molecule is COc1cc(C(=O)N2Cc3ccc(C(=O)N4CCN(CCCN(C)C)CC4)n3Cc3ccccc32)ccc1-c1ccccc1C. The van der Waals surface area contributed by atoms with E-state index in [1.165, 1.54) is 0 Å². The van der Waals surface area contributed by atoms with Gasteiger partial charge in [0, 0.05) is 48.7 Å². The van der Waals surface area contributed by atoms with Crippen molar-refractivity contribution in [1.82, 2.24) is 19.3 Å². The summed E-state index contributed by atoms with van der Waals surface area (Å²) >= 11 is 0. The summed E-state index contributed by atoms with van der Waals surface area (Å²) < 4.78 is 7.88. The molecule has 0 spiro atoms. The lowest BCUT2D eigenvalue weighted by molar-refractivity contribution is 0.0623. The van der Waals surface area contributed by atoms with E-state index in [0.29, 0.717) is 30.1 Å². The molecule has 4 aromatic rings. The number of amides is 2. The second-order valence-corrected chi connectivity index (χ2v) is 12.3. The van der Waals surface area contributed by atoms with Crippen molar-refractivity contribution in [1.29, 1.82) is 0 Å². The Morgan fingerprint density at radius 2 is 1.58 bits per heavy atom. The molecule has 0 bridgehead atoms. The van der Waals surface area contributed by atoms with Gasteiger partial charge in [0.2, 0.25) is 0 Å². The van der Waals surface area contributed by atoms with Crippen LogP contribution in [-0.4, -0.2) is 91.6 Å². The molecule has 0 atom stereocenters. The molecule has 2 aliphatic rings. The van der Waals surface area contributed by atoms with Gasteiger partial charge in [-0.3, -0.25) is 14.5 Å². The lowest BCUT2D eigenvalue weighted by atomic mass is 9.98. The highest BCUT2D eigenvalue weighted by Gasteiger charge is 2.30. The molecule has 1 fully saturated rings. The van der Waals surface area contributed by atoms with E-state index in [4.69, 9.17) is 4.74 Å². The fourth-order valence-electron chi connectivity index (χ4n) is 6.55. The Morgan fingerprint density at radius 3 is 2.33 bits per heavy atom. The van der Waals surface area contributed by atoms with Crippen LogP contribution in [-0.2, 0) is 13.1 Å². The molecule has 1 aromatic heterocycles. The zero-order valence-electron chi connectivity index (χ0n) is 26.8. The lowest BCUT2D eigenvalue weighted by Crippen LogP contribution is -2.49. The van der Waals surface area contributed by atoms with Crippen LogP contribution >= 0.6 is 0 Å². The minimum atomic E-state index is -0.106. The third-order valence-electron chi connectivity index (χ3n) is 9.09. The molecule has 0 aliphatic carbocycles. The molecule has 3 aromatic carbocycles. The van der Waals surface area contributed by atoms with Crippen LogP contribution in [0.15, 0.2) is 78.9 Å². The molecule has 8 heteroatoms. The smallest absolute Gasteiger partial charge is 0.270 e. The zero-order valence-corrected chi connectivity index (χ0v) is 26.8. The van der Waals surface area contributed by atoms with Crippen LogP contribution in [0.25, 0.3) is 11.1 Å². The molecule has 2 amide bonds. The van der Waals surface area contributed by atoms with Crippen molar-refractivity contribution in [3.63, 3.8) is 0 Å². The average Bonchev–Trinajstić information content (AvgIpc) is 3.37. The van der Waals surface area contributed by atoms with Gasteiger partial charge in [-0.2, -0.15) is 0 Å². The summed E-state index contributed by atoms with van der Waals surface area (Å²) in [6.07, 6.45) is 1.13. The number of methoxy groups -OCH3 is 1. The van der Waals surface area contributed by atoms with Crippen molar-refractivity contribution in [3.05, 3.63) is 107 Å². The van der Waals surface area contributed by atoms with Gasteiger partial charge in [0.15, 0.2) is 0 Å². The first-order chi connectivity index (χ1) is 21.8. The van der Waals surface area contributed by atoms with E-state index in [1.807, 2.05) is 76.5 Å². The van der Waals surface area contributed by atoms with Gasteiger partial charge in [-0.1, -0.05) is 42.5 Å². The highest BCUT2D eigenvalue weighted by Crippen LogP contribution is 2.35. The van der Waals surface area contributed by atoms with Crippen LogP contribution in [0.2, 0.25) is 0 Å². The predicted molar refractivity (Wildman–Crippen MR) is 179 cm³/mol. The first-order valence-electron chi connectivity index (χ1n) is 15.8. The number of fused-ring (bicyclic) bond motifs is 2. The number of nitrogens with zero attached hydrogens (tertiary/aromatic N) is 5. The Balaban J connectivity index is 1.24. The lowest BCUT2D eigenvalue weighted by Gasteiger charge is -2.35. The third-order valence-corrected chi connectivity index (χ3v) is 9.09. The maximum atomic E-state index is 14.2. The Morgan fingerprint density at radius 1 is 0.822 bits per heavy atom. The Hall–Kier alpha value is -4.40. The van der Waals surface area contributed by atoms with E-state index in [1.54, 1.807) is 7.11 Å². The topological polar surface area (TPSA) is 61.3 Å². The Labute approximate surface area is 266 Å². The van der Waals surface area contributed by atoms with Gasteiger partial charge >= 0.3 is 0 Å². The number of rotatable bonds is 8. The van der Waals surface area contributed by atoms with Crippen molar-refractivity contribution in [3.8, 4) is 16.9 Å². The van der Waals surface area contributed by atoms with Gasteiger partial charge in [-0.15, -0.1) is 0 Å². The molecule has 8 nitrogen and oxygen atoms in total. The molecule has 0 radical (unpaired) electrons. The van der Waals surface area contributed by atoms with Crippen LogP contribution in [0.4, 0.5) is 5.69 Å². The summed E-state index contributed by atoms with van der Waals surface area (Å²) in [5.74, 6) is 0.611. The van der Waals surface area contributed by atoms with Gasteiger partial charge in [-0.05, 0) is 93.6 Å². The average molecular weight is 606 g/mol. The number of carbonyl (C=O) groups excluding carboxylic acids is 2. The maximum Gasteiger partial charge on any atom is 0.270 e. The molecule has 0 unspecified atom stereocenters. The molecule has 0 N–H and O–H groups in total. The van der Waals surface area contributed by atoms with Crippen molar-refractivity contribution in [2.75, 3.05) is 65.4 Å². The van der Waals surface area contributed by atoms with Crippen molar-refractivity contribution < 1.29 is 14.3 Å². The van der Waals surface area contributed by atoms with E-state index < -0.39 is 0 Å². The zero-order chi connectivity index (χ0) is 31.5. The summed E-state index contributed by atoms with van der Waals surface area (Å²) in [4.78, 5) is 36.5. The second-order valence-electron chi connectivity index (χ2n) is 12.3. The number of carbonyl (C=O) groups is 2. The summed E-state index contributed by atoms with van der Waals surface area (Å²) in [6.45, 7) is 8.34. The monoisotopic (exact) mass is 605 g/mol. The fraction of sp³-hybridized carbons (Fsp3) is 0.351. The summed E-state index contributed by atoms with van der Waals surface area (Å²) in [7, 11) is 5.85. The van der Waals surface area contributed by atoms with E-state index >= 15 is 0 Å². The van der Waals surface area contributed by atoms with Gasteiger partial charge in [-0.25, -0.2) is 0 Å². The van der Waals surface area contributed by atoms with E-state index in [-0.39, 0.29) is 11.8 Å².